The number of rotatable bonds is 6. The van der Waals surface area contributed by atoms with Crippen LogP contribution in [0.3, 0.4) is 0 Å². The van der Waals surface area contributed by atoms with Crippen molar-refractivity contribution in [3.63, 3.8) is 0 Å². The third kappa shape index (κ3) is 4.22. The minimum Gasteiger partial charge on any atom is -0.366 e. The van der Waals surface area contributed by atoms with Gasteiger partial charge < -0.3 is 16.0 Å². The zero-order valence-electron chi connectivity index (χ0n) is 18.8. The third-order valence-electron chi connectivity index (χ3n) is 5.92. The summed E-state index contributed by atoms with van der Waals surface area (Å²) >= 11 is 0. The van der Waals surface area contributed by atoms with Crippen LogP contribution in [-0.2, 0) is 6.42 Å². The fourth-order valence-corrected chi connectivity index (χ4v) is 4.27. The van der Waals surface area contributed by atoms with Gasteiger partial charge in [-0.05, 0) is 61.6 Å². The van der Waals surface area contributed by atoms with Gasteiger partial charge >= 0.3 is 0 Å². The number of benzene rings is 2. The van der Waals surface area contributed by atoms with Crippen LogP contribution in [0.25, 0.3) is 22.0 Å². The highest BCUT2D eigenvalue weighted by Gasteiger charge is 2.16. The summed E-state index contributed by atoms with van der Waals surface area (Å²) in [6.07, 6.45) is 2.12. The fourth-order valence-electron chi connectivity index (χ4n) is 4.27. The molecule has 2 heterocycles. The third-order valence-corrected chi connectivity index (χ3v) is 5.92. The van der Waals surface area contributed by atoms with Gasteiger partial charge in [0.25, 0.3) is 5.91 Å². The van der Waals surface area contributed by atoms with Crippen LogP contribution in [0.2, 0.25) is 0 Å². The zero-order chi connectivity index (χ0) is 23.7. The molecule has 0 spiro atoms. The van der Waals surface area contributed by atoms with Crippen molar-refractivity contribution in [2.75, 3.05) is 6.54 Å². The number of nitrogens with zero attached hydrogens (tertiary/aromatic N) is 1. The largest absolute Gasteiger partial charge is 0.366 e. The number of H-pyrrole nitrogens is 1. The summed E-state index contributed by atoms with van der Waals surface area (Å²) in [5.41, 5.74) is 11.8. The highest BCUT2D eigenvalue weighted by molar-refractivity contribution is 6.01. The number of aryl methyl sites for hydroxylation is 3. The monoisotopic (exact) mass is 444 g/mol. The van der Waals surface area contributed by atoms with Crippen LogP contribution in [-0.4, -0.2) is 28.3 Å². The van der Waals surface area contributed by atoms with Gasteiger partial charge in [0.1, 0.15) is 11.5 Å². The molecule has 0 aliphatic carbocycles. The second-order valence-corrected chi connectivity index (χ2v) is 8.14. The van der Waals surface area contributed by atoms with Gasteiger partial charge in [0.2, 0.25) is 5.91 Å². The Balaban J connectivity index is 1.48. The smallest absolute Gasteiger partial charge is 0.269 e. The van der Waals surface area contributed by atoms with E-state index in [0.29, 0.717) is 35.2 Å². The van der Waals surface area contributed by atoms with E-state index in [-0.39, 0.29) is 17.4 Å². The normalized spacial score (nSPS) is 11.0. The summed E-state index contributed by atoms with van der Waals surface area (Å²) in [5.74, 6) is -1.10. The van der Waals surface area contributed by atoms with Crippen molar-refractivity contribution in [2.24, 2.45) is 5.73 Å². The second-order valence-electron chi connectivity index (χ2n) is 8.14. The highest BCUT2D eigenvalue weighted by atomic mass is 19.1. The number of primary amides is 1. The summed E-state index contributed by atoms with van der Waals surface area (Å²) in [4.78, 5) is 31.9. The lowest BCUT2D eigenvalue weighted by Crippen LogP contribution is -2.26. The minimum absolute atomic E-state index is 0.268. The first-order chi connectivity index (χ1) is 15.8. The molecular weight excluding hydrogens is 419 g/mol. The average molecular weight is 445 g/mol. The Morgan fingerprint density at radius 3 is 2.55 bits per heavy atom. The molecular formula is C26H25FN4O2. The van der Waals surface area contributed by atoms with Crippen LogP contribution < -0.4 is 11.1 Å². The van der Waals surface area contributed by atoms with E-state index >= 15 is 0 Å². The number of nitrogens with two attached hydrogens (primary N) is 1. The number of pyridine rings is 1. The molecule has 0 saturated carbocycles. The van der Waals surface area contributed by atoms with E-state index in [0.717, 1.165) is 27.8 Å². The Kier molecular flexibility index (Phi) is 5.96. The quantitative estimate of drug-likeness (QED) is 0.412. The van der Waals surface area contributed by atoms with Crippen molar-refractivity contribution < 1.29 is 14.0 Å². The molecule has 2 amide bonds. The molecule has 0 saturated heterocycles. The fraction of sp³-hybridized carbons (Fsp3) is 0.192. The average Bonchev–Trinajstić information content (AvgIpc) is 3.13. The van der Waals surface area contributed by atoms with Gasteiger partial charge in [-0.25, -0.2) is 4.39 Å². The van der Waals surface area contributed by atoms with E-state index in [4.69, 9.17) is 5.73 Å². The summed E-state index contributed by atoms with van der Waals surface area (Å²) in [6.45, 7) is 6.06. The van der Waals surface area contributed by atoms with Crippen LogP contribution in [0.5, 0.6) is 0 Å². The first kappa shape index (κ1) is 22.2. The number of carbonyl (C=O) groups excluding carboxylic acids is 2. The molecule has 7 heteroatoms. The minimum atomic E-state index is -0.507. The molecule has 0 atom stereocenters. The number of aromatic amines is 1. The maximum atomic E-state index is 14.1. The molecule has 4 rings (SSSR count). The van der Waals surface area contributed by atoms with Gasteiger partial charge in [0.05, 0.1) is 5.52 Å². The highest BCUT2D eigenvalue weighted by Crippen LogP contribution is 2.28. The van der Waals surface area contributed by atoms with Gasteiger partial charge in [-0.3, -0.25) is 14.6 Å². The number of hydrogen-bond acceptors (Lipinski definition) is 3. The van der Waals surface area contributed by atoms with Crippen LogP contribution in [0, 0.1) is 26.6 Å². The van der Waals surface area contributed by atoms with Crippen molar-refractivity contribution >= 4 is 22.7 Å². The lowest BCUT2D eigenvalue weighted by atomic mass is 9.96. The van der Waals surface area contributed by atoms with Gasteiger partial charge in [0, 0.05) is 34.9 Å². The van der Waals surface area contributed by atoms with Crippen molar-refractivity contribution in [3.05, 3.63) is 88.1 Å². The molecule has 0 unspecified atom stereocenters. The lowest BCUT2D eigenvalue weighted by molar-refractivity contribution is 0.0947. The van der Waals surface area contributed by atoms with Crippen LogP contribution in [0.1, 0.15) is 43.2 Å². The van der Waals surface area contributed by atoms with Crippen LogP contribution in [0.4, 0.5) is 4.39 Å². The molecule has 0 fully saturated rings. The van der Waals surface area contributed by atoms with Gasteiger partial charge in [-0.2, -0.15) is 0 Å². The molecule has 0 bridgehead atoms. The van der Waals surface area contributed by atoms with Crippen molar-refractivity contribution in [1.82, 2.24) is 15.3 Å². The van der Waals surface area contributed by atoms with E-state index in [2.05, 4.69) is 15.3 Å². The molecule has 4 aromatic rings. The maximum Gasteiger partial charge on any atom is 0.269 e. The van der Waals surface area contributed by atoms with Crippen LogP contribution >= 0.6 is 0 Å². The van der Waals surface area contributed by atoms with Gasteiger partial charge in [0.15, 0.2) is 0 Å². The number of fused-ring (bicyclic) bond motifs is 1. The van der Waals surface area contributed by atoms with E-state index < -0.39 is 5.91 Å². The Labute approximate surface area is 191 Å². The Morgan fingerprint density at radius 1 is 1.06 bits per heavy atom. The SMILES string of the molecule is Cc1cccc(-c2ccc(C(=O)NCCc3c(C)[nH]c4c(F)ccc(C)c34)nc2)c1C(N)=O. The molecule has 2 aromatic carbocycles. The maximum absolute atomic E-state index is 14.1. The lowest BCUT2D eigenvalue weighted by Gasteiger charge is -2.10. The topological polar surface area (TPSA) is 101 Å². The summed E-state index contributed by atoms with van der Waals surface area (Å²) in [6, 6.07) is 12.1. The van der Waals surface area contributed by atoms with E-state index in [1.807, 2.05) is 32.9 Å². The molecule has 168 valence electrons. The van der Waals surface area contributed by atoms with Gasteiger partial charge in [-0.15, -0.1) is 0 Å². The number of hydrogen-bond donors (Lipinski definition) is 3. The predicted molar refractivity (Wildman–Crippen MR) is 127 cm³/mol. The summed E-state index contributed by atoms with van der Waals surface area (Å²) < 4.78 is 14.1. The number of aromatic nitrogens is 2. The molecule has 0 aliphatic heterocycles. The molecule has 4 N–H and O–H groups in total. The molecule has 2 aromatic heterocycles. The van der Waals surface area contributed by atoms with Crippen molar-refractivity contribution in [1.29, 1.82) is 0 Å². The second kappa shape index (κ2) is 8.86. The van der Waals surface area contributed by atoms with Crippen molar-refractivity contribution in [3.8, 4) is 11.1 Å². The Morgan fingerprint density at radius 2 is 1.85 bits per heavy atom. The number of halogens is 1. The van der Waals surface area contributed by atoms with Gasteiger partial charge in [-0.1, -0.05) is 30.3 Å². The number of nitrogens with one attached hydrogen (secondary N) is 2. The number of carbonyl (C=O) groups is 2. The molecule has 0 aliphatic rings. The van der Waals surface area contributed by atoms with Crippen LogP contribution in [0.15, 0.2) is 48.7 Å². The Bertz CT molecular complexity index is 1370. The van der Waals surface area contributed by atoms with E-state index in [9.17, 15) is 14.0 Å². The summed E-state index contributed by atoms with van der Waals surface area (Å²) in [5, 5.41) is 3.75. The first-order valence-electron chi connectivity index (χ1n) is 10.7. The molecule has 6 nitrogen and oxygen atoms in total. The van der Waals surface area contributed by atoms with E-state index in [1.54, 1.807) is 30.5 Å². The summed E-state index contributed by atoms with van der Waals surface area (Å²) in [7, 11) is 0. The molecule has 33 heavy (non-hydrogen) atoms. The first-order valence-corrected chi connectivity index (χ1v) is 10.7. The molecule has 0 radical (unpaired) electrons. The standard InChI is InChI=1S/C26H25FN4O2/c1-14-5-4-6-19(23(14)25(28)32)17-8-10-21(30-13-17)26(33)29-12-11-18-16(3)31-24-20(27)9-7-15(2)22(18)24/h4-10,13,31H,11-12H2,1-3H3,(H2,28,32)(H,29,33). The van der Waals surface area contributed by atoms with Crippen molar-refractivity contribution in [2.45, 2.75) is 27.2 Å². The van der Waals surface area contributed by atoms with E-state index in [1.165, 1.54) is 6.07 Å². The number of amides is 2. The predicted octanol–water partition coefficient (Wildman–Crippen LogP) is 4.37. The zero-order valence-corrected chi connectivity index (χ0v) is 18.8. The Hall–Kier alpha value is -4.00.